The van der Waals surface area contributed by atoms with Crippen LogP contribution in [0.2, 0.25) is 0 Å². The normalized spacial score (nSPS) is 8.57. The number of hydrogen-bond donors (Lipinski definition) is 4. The molecule has 0 amide bonds. The van der Waals surface area contributed by atoms with Gasteiger partial charge in [0.15, 0.2) is 0 Å². The van der Waals surface area contributed by atoms with Crippen molar-refractivity contribution in [1.29, 1.82) is 0 Å². The van der Waals surface area contributed by atoms with E-state index in [1.165, 1.54) is 0 Å². The Labute approximate surface area is 81.0 Å². The van der Waals surface area contributed by atoms with Crippen molar-refractivity contribution in [2.24, 2.45) is 0 Å². The Balaban J connectivity index is -0.0000000800. The maximum absolute atomic E-state index is 7.33. The van der Waals surface area contributed by atoms with Crippen LogP contribution in [0.25, 0.3) is 0 Å². The molecule has 0 aromatic heterocycles. The van der Waals surface area contributed by atoms with Crippen LogP contribution in [0.1, 0.15) is 0 Å². The van der Waals surface area contributed by atoms with E-state index in [1.54, 1.807) is 0 Å². The molecule has 0 rings (SSSR count). The van der Waals surface area contributed by atoms with Crippen LogP contribution in [0, 0.1) is 0 Å². The van der Waals surface area contributed by atoms with E-state index in [-0.39, 0.29) is 53.5 Å². The summed E-state index contributed by atoms with van der Waals surface area (Å²) in [5, 5.41) is 0. The summed E-state index contributed by atoms with van der Waals surface area (Å²) in [6.07, 6.45) is 0. The third-order valence-electron chi connectivity index (χ3n) is 0. The van der Waals surface area contributed by atoms with Gasteiger partial charge in [-0.3, -0.25) is 0 Å². The second kappa shape index (κ2) is 5.99. The van der Waals surface area contributed by atoms with Crippen LogP contribution in [0.15, 0.2) is 0 Å². The summed E-state index contributed by atoms with van der Waals surface area (Å²) in [7, 11) is -4.61. The first-order valence-corrected chi connectivity index (χ1v) is 2.68. The first-order valence-electron chi connectivity index (χ1n) is 0.894. The summed E-state index contributed by atoms with van der Waals surface area (Å²) in [5.41, 5.74) is 0. The summed E-state index contributed by atoms with van der Waals surface area (Å²) in [4.78, 5) is 29.3. The van der Waals surface area contributed by atoms with Crippen LogP contribution in [-0.4, -0.2) is 28.2 Å². The van der Waals surface area contributed by atoms with Gasteiger partial charge in [0, 0.05) is 53.5 Å². The quantitative estimate of drug-likeness (QED) is 0.370. The van der Waals surface area contributed by atoms with E-state index < -0.39 is 9.05 Å². The van der Waals surface area contributed by atoms with E-state index in [4.69, 9.17) is 19.2 Å². The van der Waals surface area contributed by atoms with Gasteiger partial charge in [-0.2, -0.15) is 0 Å². The predicted octanol–water partition coefficient (Wildman–Crippen LogP) is -2.61. The van der Waals surface area contributed by atoms with Crippen molar-refractivity contribution in [1.82, 2.24) is 0 Å². The number of rotatable bonds is 0. The standard InChI is InChI=1S/Cd.H4O4Si.Zr/c;1-5(2,3)4;/h;1-4H;. The molecular weight excluding hydrogens is 296 g/mol. The van der Waals surface area contributed by atoms with Crippen molar-refractivity contribution in [2.45, 2.75) is 0 Å². The summed E-state index contributed by atoms with van der Waals surface area (Å²) >= 11 is 0. The molecule has 0 unspecified atom stereocenters. The second-order valence-electron chi connectivity index (χ2n) is 0.600. The second-order valence-corrected chi connectivity index (χ2v) is 1.80. The summed E-state index contributed by atoms with van der Waals surface area (Å²) in [6, 6.07) is 0. The molecule has 38 valence electrons. The van der Waals surface area contributed by atoms with Gasteiger partial charge in [-0.25, -0.2) is 0 Å². The molecule has 7 heavy (non-hydrogen) atoms. The summed E-state index contributed by atoms with van der Waals surface area (Å²) < 4.78 is 0. The molecule has 0 saturated carbocycles. The van der Waals surface area contributed by atoms with Crippen molar-refractivity contribution in [3.8, 4) is 0 Å². The summed E-state index contributed by atoms with van der Waals surface area (Å²) in [5.74, 6) is 0. The van der Waals surface area contributed by atoms with Crippen LogP contribution >= 0.6 is 0 Å². The van der Waals surface area contributed by atoms with E-state index in [1.807, 2.05) is 0 Å². The zero-order chi connectivity index (χ0) is 4.50. The topological polar surface area (TPSA) is 80.9 Å². The van der Waals surface area contributed by atoms with Crippen LogP contribution in [0.5, 0.6) is 0 Å². The van der Waals surface area contributed by atoms with Gasteiger partial charge in [0.25, 0.3) is 0 Å². The van der Waals surface area contributed by atoms with E-state index >= 15 is 0 Å². The molecule has 0 saturated heterocycles. The smallest absolute Gasteiger partial charge is 0.368 e. The molecule has 0 radical (unpaired) electrons. The van der Waals surface area contributed by atoms with E-state index in [0.717, 1.165) is 0 Å². The fourth-order valence-electron chi connectivity index (χ4n) is 0. The van der Waals surface area contributed by atoms with E-state index in [9.17, 15) is 0 Å². The van der Waals surface area contributed by atoms with Gasteiger partial charge < -0.3 is 19.2 Å². The fraction of sp³-hybridized carbons (Fsp3) is 0. The van der Waals surface area contributed by atoms with E-state index in [0.29, 0.717) is 0 Å². The third-order valence-corrected chi connectivity index (χ3v) is 0. The van der Waals surface area contributed by atoms with Crippen LogP contribution in [0.3, 0.4) is 0 Å². The van der Waals surface area contributed by atoms with Crippen molar-refractivity contribution in [2.75, 3.05) is 0 Å². The minimum Gasteiger partial charge on any atom is -0.368 e. The van der Waals surface area contributed by atoms with Crippen molar-refractivity contribution in [3.05, 3.63) is 0 Å². The molecular formula is H4CdO4SiZr. The molecule has 0 heterocycles. The Bertz CT molecular complexity index is 27.2. The van der Waals surface area contributed by atoms with Crippen molar-refractivity contribution < 1.29 is 72.7 Å². The van der Waals surface area contributed by atoms with Gasteiger partial charge in [-0.1, -0.05) is 0 Å². The zero-order valence-corrected chi connectivity index (χ0v) is 11.0. The van der Waals surface area contributed by atoms with Crippen molar-refractivity contribution in [3.63, 3.8) is 0 Å². The monoisotopic (exact) mass is 300 g/mol. The summed E-state index contributed by atoms with van der Waals surface area (Å²) in [6.45, 7) is 0. The molecule has 4 N–H and O–H groups in total. The number of hydrogen-bond acceptors (Lipinski definition) is 4. The Hall–Kier alpha value is 1.86. The Kier molecular flexibility index (Phi) is 13.6. The molecule has 0 atom stereocenters. The Morgan fingerprint density at radius 3 is 0.857 bits per heavy atom. The predicted molar refractivity (Wildman–Crippen MR) is 14.6 cm³/mol. The molecule has 7 heteroatoms. The van der Waals surface area contributed by atoms with Gasteiger partial charge in [-0.15, -0.1) is 0 Å². The zero-order valence-electron chi connectivity index (χ0n) is 3.50. The molecule has 4 nitrogen and oxygen atoms in total. The van der Waals surface area contributed by atoms with Gasteiger partial charge in [-0.05, 0) is 0 Å². The van der Waals surface area contributed by atoms with Crippen LogP contribution in [0.4, 0.5) is 0 Å². The molecule has 0 aromatic rings. The molecule has 0 aliphatic carbocycles. The Morgan fingerprint density at radius 2 is 0.857 bits per heavy atom. The van der Waals surface area contributed by atoms with Gasteiger partial charge in [0.2, 0.25) is 0 Å². The maximum atomic E-state index is 7.33. The van der Waals surface area contributed by atoms with E-state index in [2.05, 4.69) is 0 Å². The molecule has 0 bridgehead atoms. The van der Waals surface area contributed by atoms with Gasteiger partial charge >= 0.3 is 9.05 Å². The first-order chi connectivity index (χ1) is 2.00. The average molecular weight is 300 g/mol. The molecule has 0 aromatic carbocycles. The van der Waals surface area contributed by atoms with Crippen LogP contribution < -0.4 is 0 Å². The van der Waals surface area contributed by atoms with Crippen molar-refractivity contribution >= 4 is 9.05 Å². The third kappa shape index (κ3) is 77.9. The van der Waals surface area contributed by atoms with Gasteiger partial charge in [0.1, 0.15) is 0 Å². The van der Waals surface area contributed by atoms with Crippen LogP contribution in [-0.2, 0) is 53.5 Å². The fourth-order valence-corrected chi connectivity index (χ4v) is 0. The molecule has 0 aliphatic heterocycles. The molecule has 0 fully saturated rings. The SMILES string of the molecule is O[Si](O)(O)O.[Cd].[Zr]. The molecule has 0 aliphatic rings. The average Bonchev–Trinajstić information content (AvgIpc) is 0.722. The maximum Gasteiger partial charge on any atom is 0.668 e. The molecule has 0 spiro atoms. The largest absolute Gasteiger partial charge is 0.668 e. The Morgan fingerprint density at radius 1 is 0.857 bits per heavy atom. The first kappa shape index (κ1) is 15.9. The van der Waals surface area contributed by atoms with Gasteiger partial charge in [0.05, 0.1) is 0 Å². The minimum atomic E-state index is -4.61. The minimum absolute atomic E-state index is 0.